The van der Waals surface area contributed by atoms with E-state index in [1.807, 2.05) is 30.3 Å². The van der Waals surface area contributed by atoms with Gasteiger partial charge in [0.2, 0.25) is 21.8 Å². The maximum atomic E-state index is 13.9. The molecule has 2 heterocycles. The van der Waals surface area contributed by atoms with E-state index in [9.17, 15) is 18.0 Å². The van der Waals surface area contributed by atoms with Gasteiger partial charge in [0.05, 0.1) is 5.75 Å². The number of carbonyl (C=O) groups is 2. The van der Waals surface area contributed by atoms with Gasteiger partial charge in [-0.15, -0.1) is 0 Å². The van der Waals surface area contributed by atoms with Gasteiger partial charge in [0.1, 0.15) is 12.1 Å². The minimum Gasteiger partial charge on any atom is -0.370 e. The van der Waals surface area contributed by atoms with E-state index in [1.165, 1.54) is 9.21 Å². The van der Waals surface area contributed by atoms with Crippen LogP contribution in [0, 0.1) is 11.3 Å². The summed E-state index contributed by atoms with van der Waals surface area (Å²) in [6.45, 7) is 3.56. The maximum absolute atomic E-state index is 13.9. The quantitative estimate of drug-likeness (QED) is 0.314. The zero-order valence-corrected chi connectivity index (χ0v) is 21.3. The summed E-state index contributed by atoms with van der Waals surface area (Å²) in [6.07, 6.45) is 3.15. The summed E-state index contributed by atoms with van der Waals surface area (Å²) >= 11 is 0. The minimum atomic E-state index is -3.74. The van der Waals surface area contributed by atoms with Gasteiger partial charge in [-0.2, -0.15) is 4.31 Å². The fourth-order valence-electron chi connectivity index (χ4n) is 5.09. The van der Waals surface area contributed by atoms with Crippen LogP contribution in [0.5, 0.6) is 0 Å². The van der Waals surface area contributed by atoms with Crippen LogP contribution in [0.1, 0.15) is 44.6 Å². The lowest BCUT2D eigenvalue weighted by Crippen LogP contribution is -2.56. The van der Waals surface area contributed by atoms with Crippen LogP contribution in [0.3, 0.4) is 0 Å². The molecule has 35 heavy (non-hydrogen) atoms. The van der Waals surface area contributed by atoms with Crippen LogP contribution in [0.4, 0.5) is 0 Å². The van der Waals surface area contributed by atoms with Crippen molar-refractivity contribution in [1.82, 2.24) is 14.1 Å². The van der Waals surface area contributed by atoms with Gasteiger partial charge in [0.15, 0.2) is 5.96 Å². The smallest absolute Gasteiger partial charge is 0.242 e. The summed E-state index contributed by atoms with van der Waals surface area (Å²) in [5, 5.41) is 7.66. The Morgan fingerprint density at radius 2 is 1.77 bits per heavy atom. The number of hydrogen-bond acceptors (Lipinski definition) is 5. The van der Waals surface area contributed by atoms with E-state index < -0.39 is 28.0 Å². The van der Waals surface area contributed by atoms with Crippen LogP contribution < -0.4 is 11.5 Å². The highest BCUT2D eigenvalue weighted by Crippen LogP contribution is 2.26. The highest BCUT2D eigenvalue weighted by atomic mass is 32.2. The first-order valence-electron chi connectivity index (χ1n) is 12.4. The number of piperidine rings is 1. The Kier molecular flexibility index (Phi) is 9.12. The lowest BCUT2D eigenvalue weighted by Gasteiger charge is -2.38. The molecule has 2 saturated heterocycles. The van der Waals surface area contributed by atoms with Gasteiger partial charge in [0, 0.05) is 26.2 Å². The summed E-state index contributed by atoms with van der Waals surface area (Å²) in [5.74, 6) is -0.932. The zero-order valence-electron chi connectivity index (χ0n) is 20.4. The van der Waals surface area contributed by atoms with Gasteiger partial charge in [-0.1, -0.05) is 37.3 Å². The van der Waals surface area contributed by atoms with E-state index in [1.54, 1.807) is 11.8 Å². The number of carbonyl (C=O) groups excluding carboxylic acids is 2. The fourth-order valence-corrected chi connectivity index (χ4v) is 6.83. The molecule has 1 aromatic carbocycles. The van der Waals surface area contributed by atoms with Crippen LogP contribution in [0.25, 0.3) is 0 Å². The predicted octanol–water partition coefficient (Wildman–Crippen LogP) is 0.721. The molecule has 2 aliphatic rings. The number of sulfonamides is 1. The number of guanidine groups is 1. The molecule has 0 radical (unpaired) electrons. The Bertz CT molecular complexity index is 995. The second-order valence-electron chi connectivity index (χ2n) is 9.50. The second kappa shape index (κ2) is 11.9. The molecular formula is C24H38N6O4S. The summed E-state index contributed by atoms with van der Waals surface area (Å²) in [6, 6.07) is 7.69. The molecule has 2 amide bonds. The van der Waals surface area contributed by atoms with Crippen molar-refractivity contribution in [3.63, 3.8) is 0 Å². The molecule has 1 aromatic rings. The molecule has 3 rings (SSSR count). The third-order valence-electron chi connectivity index (χ3n) is 6.98. The van der Waals surface area contributed by atoms with Crippen molar-refractivity contribution < 1.29 is 18.0 Å². The monoisotopic (exact) mass is 506 g/mol. The molecule has 0 spiro atoms. The van der Waals surface area contributed by atoms with E-state index >= 15 is 0 Å². The van der Waals surface area contributed by atoms with Crippen molar-refractivity contribution in [2.75, 3.05) is 31.9 Å². The van der Waals surface area contributed by atoms with Gasteiger partial charge in [0.25, 0.3) is 0 Å². The molecule has 194 valence electrons. The Labute approximate surface area is 208 Å². The zero-order chi connectivity index (χ0) is 25.6. The van der Waals surface area contributed by atoms with Crippen LogP contribution in [-0.4, -0.2) is 84.3 Å². The number of rotatable bonds is 10. The summed E-state index contributed by atoms with van der Waals surface area (Å²) in [5.41, 5.74) is 12.0. The lowest BCUT2D eigenvalue weighted by atomic mass is 9.95. The minimum absolute atomic E-state index is 0.0163. The molecule has 2 aliphatic heterocycles. The number of likely N-dealkylation sites (tertiary alicyclic amines) is 2. The standard InChI is InChI=1S/C24H38N6O4S/c1-2-15-35(33,34)30(17-19-10-13-28(14-11-19)24(26)27)21(16-18-7-4-3-5-8-18)23(32)29-12-6-9-20(29)22(25)31/h3-5,7-8,19-21H,2,6,9-17H2,1H3,(H2,25,31)(H3,26,27)/t20-,21+/m0/s1. The normalized spacial score (nSPS) is 20.2. The number of nitrogens with zero attached hydrogens (tertiary/aromatic N) is 3. The highest BCUT2D eigenvalue weighted by molar-refractivity contribution is 7.89. The molecule has 0 saturated carbocycles. The Morgan fingerprint density at radius 3 is 2.34 bits per heavy atom. The summed E-state index contributed by atoms with van der Waals surface area (Å²) < 4.78 is 28.5. The molecule has 5 N–H and O–H groups in total. The van der Waals surface area contributed by atoms with E-state index in [0.717, 1.165) is 5.56 Å². The molecule has 0 unspecified atom stereocenters. The van der Waals surface area contributed by atoms with Crippen LogP contribution in [-0.2, 0) is 26.0 Å². The Balaban J connectivity index is 1.94. The molecule has 11 heteroatoms. The van der Waals surface area contributed by atoms with Gasteiger partial charge >= 0.3 is 0 Å². The SMILES string of the molecule is CCCS(=O)(=O)N(CC1CCN(C(=N)N)CC1)[C@H](Cc1ccccc1)C(=O)N1CCC[C@H]1C(N)=O. The third kappa shape index (κ3) is 6.72. The molecule has 10 nitrogen and oxygen atoms in total. The number of benzene rings is 1. The number of hydrogen-bond donors (Lipinski definition) is 3. The Morgan fingerprint density at radius 1 is 1.11 bits per heavy atom. The predicted molar refractivity (Wildman–Crippen MR) is 135 cm³/mol. The molecule has 2 atom stereocenters. The van der Waals surface area contributed by atoms with Crippen LogP contribution in [0.15, 0.2) is 30.3 Å². The third-order valence-corrected chi connectivity index (χ3v) is 9.02. The van der Waals surface area contributed by atoms with Crippen molar-refractivity contribution >= 4 is 27.8 Å². The number of nitrogens with two attached hydrogens (primary N) is 2. The first kappa shape index (κ1) is 26.9. The Hall–Kier alpha value is -2.66. The van der Waals surface area contributed by atoms with Crippen molar-refractivity contribution in [2.24, 2.45) is 17.4 Å². The van der Waals surface area contributed by atoms with Gasteiger partial charge in [-0.3, -0.25) is 15.0 Å². The average Bonchev–Trinajstić information content (AvgIpc) is 3.32. The molecule has 0 bridgehead atoms. The van der Waals surface area contributed by atoms with E-state index in [-0.39, 0.29) is 36.5 Å². The maximum Gasteiger partial charge on any atom is 0.242 e. The van der Waals surface area contributed by atoms with E-state index in [2.05, 4.69) is 0 Å². The number of amides is 2. The molecule has 0 aromatic heterocycles. The lowest BCUT2D eigenvalue weighted by molar-refractivity contribution is -0.140. The summed E-state index contributed by atoms with van der Waals surface area (Å²) in [7, 11) is -3.74. The first-order chi connectivity index (χ1) is 16.6. The number of nitrogens with one attached hydrogen (secondary N) is 1. The first-order valence-corrected chi connectivity index (χ1v) is 14.0. The average molecular weight is 507 g/mol. The van der Waals surface area contributed by atoms with Gasteiger partial charge in [-0.25, -0.2) is 8.42 Å². The molecular weight excluding hydrogens is 468 g/mol. The topological polar surface area (TPSA) is 154 Å². The molecule has 0 aliphatic carbocycles. The van der Waals surface area contributed by atoms with Crippen molar-refractivity contribution in [3.05, 3.63) is 35.9 Å². The second-order valence-corrected chi connectivity index (χ2v) is 11.5. The van der Waals surface area contributed by atoms with E-state index in [4.69, 9.17) is 16.9 Å². The van der Waals surface area contributed by atoms with Crippen molar-refractivity contribution in [2.45, 2.75) is 57.5 Å². The van der Waals surface area contributed by atoms with Crippen LogP contribution >= 0.6 is 0 Å². The van der Waals surface area contributed by atoms with Gasteiger partial charge < -0.3 is 21.3 Å². The fraction of sp³-hybridized carbons (Fsp3) is 0.625. The van der Waals surface area contributed by atoms with Crippen molar-refractivity contribution in [1.29, 1.82) is 5.41 Å². The van der Waals surface area contributed by atoms with Gasteiger partial charge in [-0.05, 0) is 50.0 Å². The highest BCUT2D eigenvalue weighted by Gasteiger charge is 2.42. The van der Waals surface area contributed by atoms with E-state index in [0.29, 0.717) is 51.7 Å². The van der Waals surface area contributed by atoms with Crippen molar-refractivity contribution in [3.8, 4) is 0 Å². The van der Waals surface area contributed by atoms with Crippen LogP contribution in [0.2, 0.25) is 0 Å². The number of primary amides is 1. The largest absolute Gasteiger partial charge is 0.370 e. The molecule has 2 fully saturated rings. The summed E-state index contributed by atoms with van der Waals surface area (Å²) in [4.78, 5) is 29.2.